The van der Waals surface area contributed by atoms with Crippen molar-refractivity contribution in [1.82, 2.24) is 19.5 Å². The van der Waals surface area contributed by atoms with Crippen molar-refractivity contribution in [3.63, 3.8) is 0 Å². The molecule has 2 aromatic carbocycles. The number of nitrogens with zero attached hydrogens (tertiary/aromatic N) is 3. The van der Waals surface area contributed by atoms with Crippen molar-refractivity contribution in [2.24, 2.45) is 0 Å². The van der Waals surface area contributed by atoms with E-state index in [4.69, 9.17) is 43.2 Å². The van der Waals surface area contributed by atoms with Crippen LogP contribution in [-0.4, -0.2) is 66.8 Å². The van der Waals surface area contributed by atoms with Gasteiger partial charge in [0.05, 0.1) is 40.9 Å². The van der Waals surface area contributed by atoms with Crippen LogP contribution in [0.2, 0.25) is 0 Å². The number of nitrogens with one attached hydrogen (secondary N) is 1. The number of hydrogen-bond donors (Lipinski definition) is 2. The maximum absolute atomic E-state index is 14.1. The Balaban J connectivity index is 1.32. The highest BCUT2D eigenvalue weighted by atomic mass is 31.2. The molecule has 2 aromatic heterocycles. The molecule has 0 saturated heterocycles. The van der Waals surface area contributed by atoms with Crippen LogP contribution in [0.25, 0.3) is 11.2 Å². The lowest BCUT2D eigenvalue weighted by atomic mass is 10.2. The molecular formula is C26H29FN5O10P. The Labute approximate surface area is 245 Å². The Hall–Kier alpha value is -4.50. The van der Waals surface area contributed by atoms with Crippen molar-refractivity contribution in [3.8, 4) is 23.0 Å². The summed E-state index contributed by atoms with van der Waals surface area (Å²) in [4.78, 5) is 34.7. The van der Waals surface area contributed by atoms with E-state index in [1.807, 2.05) is 0 Å². The summed E-state index contributed by atoms with van der Waals surface area (Å²) in [5.74, 6) is 0.495. The van der Waals surface area contributed by atoms with Crippen molar-refractivity contribution in [3.05, 3.63) is 64.5 Å². The molecule has 0 saturated carbocycles. The number of halogens is 1. The summed E-state index contributed by atoms with van der Waals surface area (Å²) in [5.41, 5.74) is 6.15. The van der Waals surface area contributed by atoms with Gasteiger partial charge in [0.1, 0.15) is 12.1 Å². The van der Waals surface area contributed by atoms with E-state index in [-0.39, 0.29) is 49.1 Å². The largest absolute Gasteiger partial charge is 0.515 e. The van der Waals surface area contributed by atoms with Gasteiger partial charge in [0.25, 0.3) is 5.56 Å². The number of benzene rings is 2. The van der Waals surface area contributed by atoms with Gasteiger partial charge in [0.15, 0.2) is 34.2 Å². The number of fused-ring (bicyclic) bond motifs is 1. The van der Waals surface area contributed by atoms with Gasteiger partial charge in [0, 0.05) is 12.6 Å². The molecule has 1 unspecified atom stereocenters. The van der Waals surface area contributed by atoms with Gasteiger partial charge in [-0.3, -0.25) is 14.3 Å². The number of hydrogen-bond acceptors (Lipinski definition) is 13. The Morgan fingerprint density at radius 2 is 1.81 bits per heavy atom. The highest BCUT2D eigenvalue weighted by Gasteiger charge is 2.17. The molecule has 17 heteroatoms. The van der Waals surface area contributed by atoms with Gasteiger partial charge < -0.3 is 43.2 Å². The number of anilines is 1. The van der Waals surface area contributed by atoms with E-state index < -0.39 is 32.7 Å². The first-order chi connectivity index (χ1) is 20.8. The number of nitrogens with two attached hydrogens (primary N) is 1. The third-order valence-corrected chi connectivity index (χ3v) is 6.89. The Morgan fingerprint density at radius 1 is 1.05 bits per heavy atom. The number of aromatic amines is 1. The van der Waals surface area contributed by atoms with Gasteiger partial charge in [-0.2, -0.15) is 4.98 Å². The van der Waals surface area contributed by atoms with Gasteiger partial charge in [-0.25, -0.2) is 14.2 Å². The maximum Gasteiger partial charge on any atom is 0.515 e. The average Bonchev–Trinajstić information content (AvgIpc) is 3.40. The lowest BCUT2D eigenvalue weighted by Gasteiger charge is -2.18. The molecule has 0 aliphatic carbocycles. The number of rotatable bonds is 15. The van der Waals surface area contributed by atoms with Crippen LogP contribution in [0, 0.1) is 5.82 Å². The van der Waals surface area contributed by atoms with E-state index in [9.17, 15) is 14.0 Å². The standard InChI is InChI=1S/C26H29FN5O10P/c1-35-19-6-4-16(10-18(19)27)12-40-43(15-38-9-8-32-13-29-22-23(32)30-25(28)31-24(22)33)41-14-39-26(34)42-17-5-7-20(36-2)21(11-17)37-3/h4-7,10-11,13H,8-9,12,14-15H2,1-3H3,(H3,28,30,31,33). The number of carbonyl (C=O) groups excluding carboxylic acids is 1. The maximum atomic E-state index is 14.1. The third-order valence-electron chi connectivity index (χ3n) is 5.69. The molecule has 0 amide bonds. The molecule has 3 N–H and O–H groups in total. The zero-order valence-electron chi connectivity index (χ0n) is 23.4. The highest BCUT2D eigenvalue weighted by molar-refractivity contribution is 7.46. The molecular weight excluding hydrogens is 592 g/mol. The number of carbonyl (C=O) groups is 1. The molecule has 0 aliphatic heterocycles. The molecule has 43 heavy (non-hydrogen) atoms. The Bertz CT molecular complexity index is 1600. The van der Waals surface area contributed by atoms with E-state index in [1.54, 1.807) is 16.7 Å². The van der Waals surface area contributed by atoms with Crippen LogP contribution in [-0.2, 0) is 31.7 Å². The minimum absolute atomic E-state index is 0.0236. The summed E-state index contributed by atoms with van der Waals surface area (Å²) in [6.07, 6.45) is 0.376. The van der Waals surface area contributed by atoms with Gasteiger partial charge >= 0.3 is 6.16 Å². The molecule has 0 bridgehead atoms. The van der Waals surface area contributed by atoms with Crippen molar-refractivity contribution in [2.45, 2.75) is 13.2 Å². The molecule has 0 fully saturated rings. The fourth-order valence-electron chi connectivity index (χ4n) is 3.63. The van der Waals surface area contributed by atoms with Crippen LogP contribution in [0.15, 0.2) is 47.5 Å². The van der Waals surface area contributed by atoms with E-state index in [1.165, 1.54) is 51.9 Å². The smallest absolute Gasteiger partial charge is 0.494 e. The van der Waals surface area contributed by atoms with E-state index in [2.05, 4.69) is 15.0 Å². The first kappa shape index (κ1) is 31.4. The summed E-state index contributed by atoms with van der Waals surface area (Å²) >= 11 is 0. The Kier molecular flexibility index (Phi) is 11.0. The van der Waals surface area contributed by atoms with Gasteiger partial charge in [-0.15, -0.1) is 0 Å². The predicted octanol–water partition coefficient (Wildman–Crippen LogP) is 3.56. The van der Waals surface area contributed by atoms with Gasteiger partial charge in [-0.1, -0.05) is 6.07 Å². The summed E-state index contributed by atoms with van der Waals surface area (Å²) in [7, 11) is 2.51. The predicted molar refractivity (Wildman–Crippen MR) is 151 cm³/mol. The van der Waals surface area contributed by atoms with Gasteiger partial charge in [-0.05, 0) is 29.8 Å². The summed E-state index contributed by atoms with van der Waals surface area (Å²) in [6, 6.07) is 8.92. The topological polar surface area (TPSA) is 180 Å². The molecule has 4 aromatic rings. The normalized spacial score (nSPS) is 11.7. The third kappa shape index (κ3) is 8.51. The van der Waals surface area contributed by atoms with Crippen LogP contribution in [0.1, 0.15) is 5.56 Å². The second-order valence-corrected chi connectivity index (χ2v) is 9.87. The fourth-order valence-corrected chi connectivity index (χ4v) is 4.60. The molecule has 0 spiro atoms. The molecule has 15 nitrogen and oxygen atoms in total. The summed E-state index contributed by atoms with van der Waals surface area (Å²) in [6.45, 7) is -0.0986. The van der Waals surface area contributed by atoms with Crippen molar-refractivity contribution < 1.29 is 46.7 Å². The molecule has 0 radical (unpaired) electrons. The zero-order chi connectivity index (χ0) is 30.8. The minimum Gasteiger partial charge on any atom is -0.494 e. The van der Waals surface area contributed by atoms with Gasteiger partial charge in [0.2, 0.25) is 21.1 Å². The second-order valence-electron chi connectivity index (χ2n) is 8.43. The first-order valence-electron chi connectivity index (χ1n) is 12.5. The second kappa shape index (κ2) is 15.1. The molecule has 4 rings (SSSR count). The van der Waals surface area contributed by atoms with Crippen molar-refractivity contribution in [1.29, 1.82) is 0 Å². The van der Waals surface area contributed by atoms with Crippen molar-refractivity contribution >= 4 is 31.6 Å². The number of nitrogen functional groups attached to an aromatic ring is 1. The number of imidazole rings is 1. The fraction of sp³-hybridized carbons (Fsp3) is 0.308. The van der Waals surface area contributed by atoms with Crippen LogP contribution in [0.4, 0.5) is 15.1 Å². The number of methoxy groups -OCH3 is 3. The van der Waals surface area contributed by atoms with Crippen LogP contribution in [0.3, 0.4) is 0 Å². The van der Waals surface area contributed by atoms with Crippen LogP contribution < -0.4 is 30.2 Å². The van der Waals surface area contributed by atoms with E-state index in [0.29, 0.717) is 22.7 Å². The number of ether oxygens (including phenoxy) is 6. The summed E-state index contributed by atoms with van der Waals surface area (Å²) in [5, 5.41) is 0. The highest BCUT2D eigenvalue weighted by Crippen LogP contribution is 2.39. The zero-order valence-corrected chi connectivity index (χ0v) is 24.3. The van der Waals surface area contributed by atoms with E-state index >= 15 is 0 Å². The monoisotopic (exact) mass is 621 g/mol. The summed E-state index contributed by atoms with van der Waals surface area (Å²) < 4.78 is 58.3. The lowest BCUT2D eigenvalue weighted by Crippen LogP contribution is -2.14. The number of H-pyrrole nitrogens is 1. The molecule has 230 valence electrons. The average molecular weight is 622 g/mol. The van der Waals surface area contributed by atoms with Crippen LogP contribution in [0.5, 0.6) is 23.0 Å². The van der Waals surface area contributed by atoms with Crippen LogP contribution >= 0.6 is 8.38 Å². The van der Waals surface area contributed by atoms with E-state index in [0.717, 1.165) is 0 Å². The van der Waals surface area contributed by atoms with Crippen molar-refractivity contribution in [2.75, 3.05) is 46.8 Å². The molecule has 1 atom stereocenters. The minimum atomic E-state index is -1.78. The SMILES string of the molecule is COc1ccc(COP(COCCn2cnc3c(=O)[nH]c(N)nc32)OCOC(=O)Oc2ccc(OC)c(OC)c2)cc1F. The number of aromatic nitrogens is 4. The Morgan fingerprint density at radius 3 is 2.56 bits per heavy atom. The first-order valence-corrected chi connectivity index (χ1v) is 13.9. The quantitative estimate of drug-likeness (QED) is 0.0647. The lowest BCUT2D eigenvalue weighted by molar-refractivity contribution is 0.0244. The molecule has 2 heterocycles. The molecule has 0 aliphatic rings.